The first-order valence-electron chi connectivity index (χ1n) is 10.7. The molecular weight excluding hydrogens is 491 g/mol. The fraction of sp³-hybridized carbons (Fsp3) is 0.280. The van der Waals surface area contributed by atoms with E-state index in [1.807, 2.05) is 52.0 Å². The second-order valence-corrected chi connectivity index (χ2v) is 10.8. The van der Waals surface area contributed by atoms with Crippen molar-refractivity contribution in [3.8, 4) is 17.0 Å². The van der Waals surface area contributed by atoms with Crippen LogP contribution >= 0.6 is 34.5 Å². The second-order valence-electron chi connectivity index (χ2n) is 8.92. The van der Waals surface area contributed by atoms with Crippen molar-refractivity contribution < 1.29 is 9.53 Å². The van der Waals surface area contributed by atoms with E-state index in [2.05, 4.69) is 15.3 Å². The molecule has 0 aliphatic rings. The highest BCUT2D eigenvalue weighted by atomic mass is 35.5. The van der Waals surface area contributed by atoms with Gasteiger partial charge in [0.15, 0.2) is 0 Å². The third-order valence-electron chi connectivity index (χ3n) is 5.30. The van der Waals surface area contributed by atoms with Gasteiger partial charge in [-0.05, 0) is 24.6 Å². The van der Waals surface area contributed by atoms with Crippen molar-refractivity contribution in [1.82, 2.24) is 20.3 Å². The van der Waals surface area contributed by atoms with Crippen LogP contribution in [0.5, 0.6) is 5.75 Å². The molecule has 1 amide bonds. The average Bonchev–Trinajstić information content (AvgIpc) is 3.21. The number of rotatable bonds is 6. The molecule has 176 valence electrons. The Morgan fingerprint density at radius 2 is 2.00 bits per heavy atom. The van der Waals surface area contributed by atoms with Crippen molar-refractivity contribution in [2.75, 3.05) is 0 Å². The number of ether oxygens (including phenoxy) is 1. The van der Waals surface area contributed by atoms with Gasteiger partial charge in [-0.15, -0.1) is 11.3 Å². The summed E-state index contributed by atoms with van der Waals surface area (Å²) in [5, 5.41) is 4.32. The first-order valence-corrected chi connectivity index (χ1v) is 12.3. The number of hydrogen-bond acceptors (Lipinski definition) is 6. The molecule has 0 radical (unpaired) electrons. The maximum absolute atomic E-state index is 12.3. The van der Waals surface area contributed by atoms with Gasteiger partial charge in [-0.3, -0.25) is 9.78 Å². The summed E-state index contributed by atoms with van der Waals surface area (Å²) in [6.45, 7) is 8.03. The molecule has 0 spiro atoms. The minimum absolute atomic E-state index is 0.0543. The molecule has 1 N–H and O–H groups in total. The van der Waals surface area contributed by atoms with Crippen molar-refractivity contribution in [1.29, 1.82) is 0 Å². The average molecular weight is 515 g/mol. The Kier molecular flexibility index (Phi) is 7.07. The van der Waals surface area contributed by atoms with E-state index in [4.69, 9.17) is 32.9 Å². The zero-order valence-corrected chi connectivity index (χ0v) is 21.6. The highest BCUT2D eigenvalue weighted by molar-refractivity contribution is 7.14. The van der Waals surface area contributed by atoms with Crippen LogP contribution in [0, 0.1) is 12.3 Å². The van der Waals surface area contributed by atoms with Crippen molar-refractivity contribution >= 4 is 51.3 Å². The van der Waals surface area contributed by atoms with Crippen molar-refractivity contribution in [2.24, 2.45) is 5.41 Å². The van der Waals surface area contributed by atoms with Crippen LogP contribution in [0.1, 0.15) is 37.6 Å². The molecule has 6 nitrogen and oxygen atoms in total. The number of thiazole rings is 1. The predicted molar refractivity (Wildman–Crippen MR) is 137 cm³/mol. The van der Waals surface area contributed by atoms with Crippen LogP contribution in [0.3, 0.4) is 0 Å². The molecular formula is C25H24Cl2N4O2S. The Hall–Kier alpha value is -2.74. The van der Waals surface area contributed by atoms with E-state index in [-0.39, 0.29) is 12.5 Å². The molecule has 3 aromatic heterocycles. The molecule has 34 heavy (non-hydrogen) atoms. The lowest BCUT2D eigenvalue weighted by molar-refractivity contribution is -0.128. The summed E-state index contributed by atoms with van der Waals surface area (Å²) in [5.74, 6) is 0.563. The molecule has 0 unspecified atom stereocenters. The molecule has 1 aromatic carbocycles. The summed E-state index contributed by atoms with van der Waals surface area (Å²) in [6.07, 6.45) is 3.27. The van der Waals surface area contributed by atoms with E-state index >= 15 is 0 Å². The van der Waals surface area contributed by atoms with Gasteiger partial charge in [-0.2, -0.15) is 0 Å². The molecule has 0 bridgehead atoms. The number of carbonyl (C=O) groups is 1. The van der Waals surface area contributed by atoms with E-state index in [0.717, 1.165) is 33.5 Å². The van der Waals surface area contributed by atoms with Gasteiger partial charge in [-0.1, -0.05) is 56.1 Å². The summed E-state index contributed by atoms with van der Waals surface area (Å²) in [5.41, 5.74) is 5.98. The lowest BCUT2D eigenvalue weighted by atomic mass is 9.95. The number of aryl methyl sites for hydroxylation is 1. The smallest absolute Gasteiger partial charge is 0.225 e. The Bertz CT molecular complexity index is 1370. The van der Waals surface area contributed by atoms with E-state index in [0.29, 0.717) is 27.2 Å². The van der Waals surface area contributed by atoms with Crippen LogP contribution in [-0.4, -0.2) is 20.9 Å². The maximum Gasteiger partial charge on any atom is 0.225 e. The number of nitrogens with zero attached hydrogens (tertiary/aromatic N) is 3. The number of fused-ring (bicyclic) bond motifs is 1. The number of halogens is 2. The summed E-state index contributed by atoms with van der Waals surface area (Å²) < 4.78 is 6.85. The van der Waals surface area contributed by atoms with Gasteiger partial charge in [0.25, 0.3) is 0 Å². The van der Waals surface area contributed by atoms with Crippen LogP contribution in [0.15, 0.2) is 42.2 Å². The maximum atomic E-state index is 12.3. The number of amides is 1. The summed E-state index contributed by atoms with van der Waals surface area (Å²) in [4.78, 5) is 25.7. The fourth-order valence-electron chi connectivity index (χ4n) is 3.48. The van der Waals surface area contributed by atoms with E-state index in [1.54, 1.807) is 17.9 Å². The summed E-state index contributed by atoms with van der Waals surface area (Å²) in [6, 6.07) is 7.74. The molecule has 0 fully saturated rings. The molecule has 0 aliphatic heterocycles. The Balaban J connectivity index is 1.65. The highest BCUT2D eigenvalue weighted by Crippen LogP contribution is 2.37. The second kappa shape index (κ2) is 9.86. The van der Waals surface area contributed by atoms with Gasteiger partial charge >= 0.3 is 0 Å². The quantitative estimate of drug-likeness (QED) is 0.313. The number of benzene rings is 1. The third-order valence-corrected chi connectivity index (χ3v) is 6.68. The highest BCUT2D eigenvalue weighted by Gasteiger charge is 2.21. The molecule has 0 saturated heterocycles. The lowest BCUT2D eigenvalue weighted by Gasteiger charge is -2.19. The van der Waals surface area contributed by atoms with Crippen LogP contribution in [0.25, 0.3) is 22.2 Å². The zero-order chi connectivity index (χ0) is 24.5. The number of para-hydroxylation sites is 1. The molecule has 3 heterocycles. The number of pyridine rings is 2. The third kappa shape index (κ3) is 5.17. The van der Waals surface area contributed by atoms with Gasteiger partial charge in [0.1, 0.15) is 27.9 Å². The Labute approximate surface area is 212 Å². The van der Waals surface area contributed by atoms with E-state index in [1.165, 1.54) is 11.3 Å². The molecule has 4 rings (SSSR count). The molecule has 0 saturated carbocycles. The summed E-state index contributed by atoms with van der Waals surface area (Å²) in [7, 11) is 0. The van der Waals surface area contributed by atoms with Gasteiger partial charge in [0.2, 0.25) is 5.91 Å². The van der Waals surface area contributed by atoms with Crippen LogP contribution in [0.2, 0.25) is 9.36 Å². The number of aromatic nitrogens is 3. The number of nitrogens with one attached hydrogen (secondary N) is 1. The SMILES string of the molecule is Cc1cc(-c2ncsc2Cl)c2cccc(OCc3c(Cl)cncc3CNC(=O)C(C)(C)C)c2n1. The number of carbonyl (C=O) groups excluding carboxylic acids is 1. The van der Waals surface area contributed by atoms with E-state index < -0.39 is 5.41 Å². The minimum Gasteiger partial charge on any atom is -0.487 e. The van der Waals surface area contributed by atoms with Gasteiger partial charge < -0.3 is 10.1 Å². The lowest BCUT2D eigenvalue weighted by Crippen LogP contribution is -2.34. The predicted octanol–water partition coefficient (Wildman–Crippen LogP) is 6.61. The largest absolute Gasteiger partial charge is 0.487 e. The van der Waals surface area contributed by atoms with Crippen molar-refractivity contribution in [3.05, 3.63) is 68.3 Å². The van der Waals surface area contributed by atoms with Gasteiger partial charge in [0.05, 0.1) is 10.5 Å². The Morgan fingerprint density at radius 1 is 1.21 bits per heavy atom. The van der Waals surface area contributed by atoms with Gasteiger partial charge in [-0.25, -0.2) is 9.97 Å². The molecule has 9 heteroatoms. The normalized spacial score (nSPS) is 11.6. The Morgan fingerprint density at radius 3 is 2.71 bits per heavy atom. The van der Waals surface area contributed by atoms with E-state index in [9.17, 15) is 4.79 Å². The standard InChI is InChI=1S/C25H24Cl2N4O2S/c1-14-8-17(22-23(27)34-13-30-22)16-6-5-7-20(21(16)31-14)33-12-18-15(9-28-11-19(18)26)10-29-24(32)25(2,3)4/h5-9,11,13H,10,12H2,1-4H3,(H,29,32). The monoisotopic (exact) mass is 514 g/mol. The van der Waals surface area contributed by atoms with Crippen molar-refractivity contribution in [2.45, 2.75) is 40.8 Å². The van der Waals surface area contributed by atoms with Crippen LogP contribution in [0.4, 0.5) is 0 Å². The molecule has 4 aromatic rings. The first kappa shape index (κ1) is 24.4. The van der Waals surface area contributed by atoms with Gasteiger partial charge in [0, 0.05) is 46.6 Å². The molecule has 0 atom stereocenters. The van der Waals surface area contributed by atoms with Crippen LogP contribution in [-0.2, 0) is 17.9 Å². The first-order chi connectivity index (χ1) is 16.1. The summed E-state index contributed by atoms with van der Waals surface area (Å²) >= 11 is 14.2. The zero-order valence-electron chi connectivity index (χ0n) is 19.3. The molecule has 0 aliphatic carbocycles. The minimum atomic E-state index is -0.493. The fourth-order valence-corrected chi connectivity index (χ4v) is 4.50. The topological polar surface area (TPSA) is 77.0 Å². The number of hydrogen-bond donors (Lipinski definition) is 1. The van der Waals surface area contributed by atoms with Crippen LogP contribution < -0.4 is 10.1 Å². The van der Waals surface area contributed by atoms with Crippen molar-refractivity contribution in [3.63, 3.8) is 0 Å².